The van der Waals surface area contributed by atoms with E-state index in [0.717, 1.165) is 17.7 Å². The van der Waals surface area contributed by atoms with Crippen molar-refractivity contribution in [1.82, 2.24) is 0 Å². The summed E-state index contributed by atoms with van der Waals surface area (Å²) in [5, 5.41) is 8.49. The van der Waals surface area contributed by atoms with Crippen molar-refractivity contribution in [3.05, 3.63) is 41.5 Å². The van der Waals surface area contributed by atoms with Crippen molar-refractivity contribution in [3.8, 4) is 5.75 Å². The molecule has 4 nitrogen and oxygen atoms in total. The third kappa shape index (κ3) is 3.73. The minimum absolute atomic E-state index is 0.308. The predicted molar refractivity (Wildman–Crippen MR) is 68.1 cm³/mol. The number of hydrogen-bond acceptors (Lipinski definition) is 3. The molecule has 0 aromatic heterocycles. The summed E-state index contributed by atoms with van der Waals surface area (Å²) < 4.78 is 5.36. The Morgan fingerprint density at radius 3 is 2.56 bits per heavy atom. The first kappa shape index (κ1) is 14.0. The molecule has 18 heavy (non-hydrogen) atoms. The molecule has 0 spiro atoms. The van der Waals surface area contributed by atoms with Crippen LogP contribution in [0.15, 0.2) is 30.4 Å². The molecule has 1 aromatic rings. The average Bonchev–Trinajstić information content (AvgIpc) is 2.36. The molecule has 0 amide bonds. The van der Waals surface area contributed by atoms with Gasteiger partial charge in [0.05, 0.1) is 6.61 Å². The fraction of sp³-hybridized carbons (Fsp3) is 0.286. The molecule has 0 aliphatic heterocycles. The lowest BCUT2D eigenvalue weighted by molar-refractivity contribution is -0.131. The van der Waals surface area contributed by atoms with Gasteiger partial charge in [-0.05, 0) is 43.2 Å². The van der Waals surface area contributed by atoms with Crippen molar-refractivity contribution in [2.75, 3.05) is 6.61 Å². The first-order chi connectivity index (χ1) is 8.58. The summed E-state index contributed by atoms with van der Waals surface area (Å²) >= 11 is 0. The topological polar surface area (TPSA) is 63.6 Å². The second-order valence-corrected chi connectivity index (χ2v) is 3.64. The molecule has 0 fully saturated rings. The van der Waals surface area contributed by atoms with Crippen LogP contribution in [0.2, 0.25) is 0 Å². The van der Waals surface area contributed by atoms with Gasteiger partial charge in [0.2, 0.25) is 0 Å². The molecule has 0 atom stereocenters. The van der Waals surface area contributed by atoms with E-state index in [9.17, 15) is 9.59 Å². The van der Waals surface area contributed by atoms with Crippen molar-refractivity contribution < 1.29 is 19.4 Å². The Kier molecular flexibility index (Phi) is 5.11. The number of ether oxygens (including phenoxy) is 1. The zero-order valence-corrected chi connectivity index (χ0v) is 10.5. The number of allylic oxidation sites excluding steroid dienone is 1. The molecular weight excluding hydrogens is 232 g/mol. The highest BCUT2D eigenvalue weighted by atomic mass is 16.5. The largest absolute Gasteiger partial charge is 0.494 e. The number of hydrogen-bond donors (Lipinski definition) is 1. The molecule has 0 aliphatic carbocycles. The zero-order valence-electron chi connectivity index (χ0n) is 10.5. The highest BCUT2D eigenvalue weighted by Crippen LogP contribution is 2.19. The summed E-state index contributed by atoms with van der Waals surface area (Å²) in [5.74, 6) is -0.724. The second-order valence-electron chi connectivity index (χ2n) is 3.64. The molecule has 1 N–H and O–H groups in total. The molecule has 96 valence electrons. The van der Waals surface area contributed by atoms with E-state index in [4.69, 9.17) is 9.84 Å². The lowest BCUT2D eigenvalue weighted by atomic mass is 10.0. The summed E-state index contributed by atoms with van der Waals surface area (Å²) in [4.78, 5) is 22.2. The number of benzene rings is 1. The monoisotopic (exact) mass is 248 g/mol. The van der Waals surface area contributed by atoms with Gasteiger partial charge in [0.25, 0.3) is 0 Å². The van der Waals surface area contributed by atoms with Gasteiger partial charge in [0.15, 0.2) is 5.78 Å². The van der Waals surface area contributed by atoms with Crippen LogP contribution in [0.4, 0.5) is 0 Å². The molecule has 0 saturated heterocycles. The van der Waals surface area contributed by atoms with Gasteiger partial charge in [0.1, 0.15) is 5.75 Å². The lowest BCUT2D eigenvalue weighted by Gasteiger charge is -2.08. The number of ketones is 1. The second kappa shape index (κ2) is 6.59. The van der Waals surface area contributed by atoms with Crippen LogP contribution in [-0.2, 0) is 11.2 Å². The fourth-order valence-corrected chi connectivity index (χ4v) is 1.60. The maximum Gasteiger partial charge on any atom is 0.328 e. The number of aliphatic carboxylic acids is 1. The lowest BCUT2D eigenvalue weighted by Crippen LogP contribution is -2.02. The van der Waals surface area contributed by atoms with Crippen LogP contribution < -0.4 is 4.74 Å². The summed E-state index contributed by atoms with van der Waals surface area (Å²) in [7, 11) is 0. The molecule has 0 bridgehead atoms. The molecule has 4 heteroatoms. The zero-order chi connectivity index (χ0) is 13.5. The fourth-order valence-electron chi connectivity index (χ4n) is 1.60. The van der Waals surface area contributed by atoms with E-state index in [2.05, 4.69) is 0 Å². The van der Waals surface area contributed by atoms with E-state index in [-0.39, 0.29) is 5.78 Å². The van der Waals surface area contributed by atoms with Crippen LogP contribution in [0.25, 0.3) is 0 Å². The Balaban J connectivity index is 3.01. The van der Waals surface area contributed by atoms with Gasteiger partial charge < -0.3 is 9.84 Å². The van der Waals surface area contributed by atoms with Gasteiger partial charge in [-0.25, -0.2) is 4.79 Å². The van der Waals surface area contributed by atoms with Gasteiger partial charge in [-0.1, -0.05) is 6.92 Å². The standard InChI is InChI=1S/C14H16O4/c1-3-10-9-11(18-4-2)5-6-12(10)13(15)7-8-14(16)17/h5-9H,3-4H2,1-2H3,(H,16,17)/b8-7+. The highest BCUT2D eigenvalue weighted by molar-refractivity contribution is 6.07. The molecule has 0 heterocycles. The van der Waals surface area contributed by atoms with Crippen LogP contribution in [0.5, 0.6) is 5.75 Å². The SMILES string of the molecule is CCOc1ccc(C(=O)/C=C/C(=O)O)c(CC)c1. The van der Waals surface area contributed by atoms with Crippen molar-refractivity contribution in [2.45, 2.75) is 20.3 Å². The van der Waals surface area contributed by atoms with Gasteiger partial charge >= 0.3 is 5.97 Å². The molecule has 0 aliphatic rings. The molecule has 0 radical (unpaired) electrons. The molecule has 1 aromatic carbocycles. The third-order valence-electron chi connectivity index (χ3n) is 2.41. The van der Waals surface area contributed by atoms with Crippen molar-refractivity contribution in [3.63, 3.8) is 0 Å². The van der Waals surface area contributed by atoms with Crippen LogP contribution in [-0.4, -0.2) is 23.5 Å². The highest BCUT2D eigenvalue weighted by Gasteiger charge is 2.09. The van der Waals surface area contributed by atoms with Crippen LogP contribution in [0, 0.1) is 0 Å². The first-order valence-corrected chi connectivity index (χ1v) is 5.79. The predicted octanol–water partition coefficient (Wildman–Crippen LogP) is 2.47. The maximum absolute atomic E-state index is 11.8. The van der Waals surface area contributed by atoms with E-state index in [1.165, 1.54) is 0 Å². The molecular formula is C14H16O4. The summed E-state index contributed by atoms with van der Waals surface area (Å²) in [6.45, 7) is 4.39. The smallest absolute Gasteiger partial charge is 0.328 e. The minimum Gasteiger partial charge on any atom is -0.494 e. The molecule has 0 saturated carbocycles. The summed E-state index contributed by atoms with van der Waals surface area (Å²) in [6, 6.07) is 5.19. The molecule has 1 rings (SSSR count). The number of carboxylic acids is 1. The quantitative estimate of drug-likeness (QED) is 0.620. The maximum atomic E-state index is 11.8. The van der Waals surface area contributed by atoms with E-state index in [1.54, 1.807) is 12.1 Å². The Labute approximate surface area is 106 Å². The van der Waals surface area contributed by atoms with Gasteiger partial charge in [-0.2, -0.15) is 0 Å². The molecule has 0 unspecified atom stereocenters. The van der Waals surface area contributed by atoms with Crippen LogP contribution in [0.3, 0.4) is 0 Å². The number of aryl methyl sites for hydroxylation is 1. The van der Waals surface area contributed by atoms with E-state index in [0.29, 0.717) is 24.3 Å². The number of carbonyl (C=O) groups is 2. The number of carboxylic acid groups (broad SMARTS) is 1. The van der Waals surface area contributed by atoms with Crippen LogP contribution >= 0.6 is 0 Å². The Bertz CT molecular complexity index is 475. The Morgan fingerprint density at radius 2 is 2.00 bits per heavy atom. The number of carbonyl (C=O) groups excluding carboxylic acids is 1. The van der Waals surface area contributed by atoms with E-state index >= 15 is 0 Å². The average molecular weight is 248 g/mol. The van der Waals surface area contributed by atoms with Crippen LogP contribution in [0.1, 0.15) is 29.8 Å². The van der Waals surface area contributed by atoms with Gasteiger partial charge in [-0.3, -0.25) is 4.79 Å². The Morgan fingerprint density at radius 1 is 1.28 bits per heavy atom. The summed E-state index contributed by atoms with van der Waals surface area (Å²) in [6.07, 6.45) is 2.60. The van der Waals surface area contributed by atoms with Gasteiger partial charge in [0, 0.05) is 11.6 Å². The van der Waals surface area contributed by atoms with E-state index < -0.39 is 5.97 Å². The summed E-state index contributed by atoms with van der Waals surface area (Å²) in [5.41, 5.74) is 1.36. The first-order valence-electron chi connectivity index (χ1n) is 5.79. The van der Waals surface area contributed by atoms with Crippen molar-refractivity contribution in [2.24, 2.45) is 0 Å². The number of rotatable bonds is 6. The Hall–Kier alpha value is -2.10. The van der Waals surface area contributed by atoms with E-state index in [1.807, 2.05) is 19.9 Å². The van der Waals surface area contributed by atoms with Crippen molar-refractivity contribution in [1.29, 1.82) is 0 Å². The third-order valence-corrected chi connectivity index (χ3v) is 2.41. The van der Waals surface area contributed by atoms with Crippen molar-refractivity contribution >= 4 is 11.8 Å². The normalized spacial score (nSPS) is 10.6. The minimum atomic E-state index is -1.13. The van der Waals surface area contributed by atoms with Gasteiger partial charge in [-0.15, -0.1) is 0 Å².